The monoisotopic (exact) mass is 966 g/mol. The van der Waals surface area contributed by atoms with Crippen LogP contribution in [0.2, 0.25) is 0 Å². The fraction of sp³-hybridized carbons (Fsp3) is 0.860. The number of carbonyl (C=O) groups excluding carboxylic acids is 2. The van der Waals surface area contributed by atoms with Crippen molar-refractivity contribution in [1.29, 1.82) is 0 Å². The Balaban J connectivity index is 5.35. The van der Waals surface area contributed by atoms with Gasteiger partial charge >= 0.3 is 13.8 Å². The molecular weight excluding hydrogens is 856 g/mol. The van der Waals surface area contributed by atoms with Crippen molar-refractivity contribution in [1.82, 2.24) is 5.32 Å². The minimum Gasteiger partial charge on any atom is -0.456 e. The number of carbonyl (C=O) groups is 2. The number of allylic oxidation sites excluding steroid dienone is 5. The highest BCUT2D eigenvalue weighted by Crippen LogP contribution is 2.43. The number of nitrogens with one attached hydrogen (secondary N) is 1. The molecule has 10 heteroatoms. The average molecular weight is 966 g/mol. The largest absolute Gasteiger partial charge is 0.472 e. The van der Waals surface area contributed by atoms with E-state index in [2.05, 4.69) is 50.4 Å². The van der Waals surface area contributed by atoms with E-state index in [-0.39, 0.29) is 25.1 Å². The van der Waals surface area contributed by atoms with E-state index in [9.17, 15) is 19.0 Å². The maximum absolute atomic E-state index is 13.5. The van der Waals surface area contributed by atoms with Crippen molar-refractivity contribution >= 4 is 19.7 Å². The molecule has 0 aromatic carbocycles. The van der Waals surface area contributed by atoms with Crippen LogP contribution in [0.5, 0.6) is 0 Å². The summed E-state index contributed by atoms with van der Waals surface area (Å²) >= 11 is 0. The van der Waals surface area contributed by atoms with Gasteiger partial charge in [-0.05, 0) is 63.9 Å². The van der Waals surface area contributed by atoms with Crippen LogP contribution in [-0.2, 0) is 27.9 Å². The molecule has 3 unspecified atom stereocenters. The third-order valence-corrected chi connectivity index (χ3v) is 13.6. The number of phosphoric ester groups is 1. The maximum Gasteiger partial charge on any atom is 0.472 e. The number of nitrogens with zero attached hydrogens (tertiary/aromatic N) is 1. The van der Waals surface area contributed by atoms with Gasteiger partial charge in [0.1, 0.15) is 19.3 Å². The van der Waals surface area contributed by atoms with Crippen molar-refractivity contribution < 1.29 is 37.3 Å². The van der Waals surface area contributed by atoms with E-state index in [1.54, 1.807) is 0 Å². The highest BCUT2D eigenvalue weighted by atomic mass is 31.2. The van der Waals surface area contributed by atoms with Gasteiger partial charge in [0.2, 0.25) is 5.91 Å². The molecule has 0 aliphatic heterocycles. The van der Waals surface area contributed by atoms with Crippen LogP contribution < -0.4 is 5.32 Å². The Bertz CT molecular complexity index is 1250. The highest BCUT2D eigenvalue weighted by Gasteiger charge is 2.30. The lowest BCUT2D eigenvalue weighted by molar-refractivity contribution is -0.870. The second kappa shape index (κ2) is 47.9. The van der Waals surface area contributed by atoms with Crippen LogP contribution in [-0.4, -0.2) is 74.3 Å². The van der Waals surface area contributed by atoms with E-state index in [0.717, 1.165) is 77.0 Å². The minimum atomic E-state index is -4.44. The van der Waals surface area contributed by atoms with E-state index in [0.29, 0.717) is 23.9 Å². The SMILES string of the molecule is CCCCC/C=C\C/C=C\CCCCCCCCCC(=O)NC(COP(=O)(O)OCC[N+](C)(C)C)C(/C=C/CCCCCCCCCCCCC)OC(=O)CCCCCCCCCCCCC. The summed E-state index contributed by atoms with van der Waals surface area (Å²) in [6, 6.07) is -0.847. The number of hydrogen-bond acceptors (Lipinski definition) is 6. The molecule has 1 amide bonds. The summed E-state index contributed by atoms with van der Waals surface area (Å²) in [6.07, 6.45) is 55.6. The number of unbranched alkanes of at least 4 members (excludes halogenated alkanes) is 31. The molecule has 394 valence electrons. The van der Waals surface area contributed by atoms with Gasteiger partial charge in [-0.15, -0.1) is 0 Å². The molecule has 67 heavy (non-hydrogen) atoms. The first-order valence-corrected chi connectivity index (χ1v) is 29.8. The smallest absolute Gasteiger partial charge is 0.456 e. The Labute approximate surface area is 415 Å². The highest BCUT2D eigenvalue weighted by molar-refractivity contribution is 7.47. The van der Waals surface area contributed by atoms with Crippen LogP contribution in [0.25, 0.3) is 0 Å². The van der Waals surface area contributed by atoms with Crippen LogP contribution in [0.4, 0.5) is 0 Å². The summed E-state index contributed by atoms with van der Waals surface area (Å²) in [6.45, 7) is 6.98. The second-order valence-electron chi connectivity index (χ2n) is 20.5. The standard InChI is InChI=1S/C57H109N2O7P/c1-7-10-13-16-19-22-25-27-28-29-30-32-35-37-40-43-46-49-56(60)58-54(53-65-67(62,63)64-52-51-59(4,5)6)55(48-45-42-39-36-34-31-26-23-20-17-14-11-8-2)66-57(61)50-47-44-41-38-33-24-21-18-15-12-9-3/h19,22,27-28,45,48,54-55H,7-18,20-21,23-26,29-44,46-47,49-53H2,1-6H3,(H-,58,60,62,63)/p+1/b22-19-,28-27-,48-45+. The Kier molecular flexibility index (Phi) is 46.6. The predicted octanol–water partition coefficient (Wildman–Crippen LogP) is 16.8. The van der Waals surface area contributed by atoms with Gasteiger partial charge in [-0.3, -0.25) is 18.6 Å². The molecule has 0 radical (unpaired) electrons. The lowest BCUT2D eigenvalue weighted by atomic mass is 10.0. The number of ether oxygens (including phenoxy) is 1. The molecule has 3 atom stereocenters. The summed E-state index contributed by atoms with van der Waals surface area (Å²) in [7, 11) is 1.50. The fourth-order valence-electron chi connectivity index (χ4n) is 8.15. The van der Waals surface area contributed by atoms with Crippen molar-refractivity contribution in [2.45, 2.75) is 277 Å². The summed E-state index contributed by atoms with van der Waals surface area (Å²) in [5, 5.41) is 3.04. The molecule has 0 fully saturated rings. The van der Waals surface area contributed by atoms with E-state index < -0.39 is 20.0 Å². The zero-order chi connectivity index (χ0) is 49.4. The van der Waals surface area contributed by atoms with Gasteiger partial charge in [-0.2, -0.15) is 0 Å². The maximum atomic E-state index is 13.5. The number of phosphoric acid groups is 1. The topological polar surface area (TPSA) is 111 Å². The molecular formula is C57H110N2O7P+. The number of esters is 1. The van der Waals surface area contributed by atoms with Crippen molar-refractivity contribution in [3.05, 3.63) is 36.5 Å². The van der Waals surface area contributed by atoms with Gasteiger partial charge in [0.05, 0.1) is 33.8 Å². The molecule has 0 bridgehead atoms. The minimum absolute atomic E-state index is 0.0404. The van der Waals surface area contributed by atoms with E-state index >= 15 is 0 Å². The predicted molar refractivity (Wildman–Crippen MR) is 286 cm³/mol. The molecule has 0 aliphatic carbocycles. The Morgan fingerprint density at radius 3 is 1.37 bits per heavy atom. The second-order valence-corrected chi connectivity index (χ2v) is 21.9. The first-order chi connectivity index (χ1) is 32.4. The molecule has 2 N–H and O–H groups in total. The molecule has 0 aliphatic rings. The number of amides is 1. The third-order valence-electron chi connectivity index (χ3n) is 12.6. The molecule has 0 saturated carbocycles. The van der Waals surface area contributed by atoms with Gasteiger partial charge in [-0.25, -0.2) is 4.57 Å². The van der Waals surface area contributed by atoms with E-state index in [1.807, 2.05) is 33.3 Å². The number of quaternary nitrogens is 1. The number of hydrogen-bond donors (Lipinski definition) is 2. The lowest BCUT2D eigenvalue weighted by Crippen LogP contribution is -2.47. The van der Waals surface area contributed by atoms with Crippen molar-refractivity contribution in [3.63, 3.8) is 0 Å². The molecule has 0 saturated heterocycles. The molecule has 9 nitrogen and oxygen atoms in total. The van der Waals surface area contributed by atoms with Crippen molar-refractivity contribution in [2.24, 2.45) is 0 Å². The van der Waals surface area contributed by atoms with Crippen LogP contribution in [0, 0.1) is 0 Å². The Morgan fingerprint density at radius 1 is 0.522 bits per heavy atom. The van der Waals surface area contributed by atoms with Gasteiger partial charge in [0.25, 0.3) is 0 Å². The zero-order valence-electron chi connectivity index (χ0n) is 44.9. The Morgan fingerprint density at radius 2 is 0.910 bits per heavy atom. The quantitative estimate of drug-likeness (QED) is 0.0205. The van der Waals surface area contributed by atoms with Gasteiger partial charge in [0, 0.05) is 12.8 Å². The van der Waals surface area contributed by atoms with Gasteiger partial charge < -0.3 is 19.4 Å². The normalized spacial score (nSPS) is 14.1. The first-order valence-electron chi connectivity index (χ1n) is 28.3. The average Bonchev–Trinajstić information content (AvgIpc) is 3.28. The first kappa shape index (κ1) is 65.2. The van der Waals surface area contributed by atoms with Crippen LogP contribution in [0.1, 0.15) is 265 Å². The molecule has 0 heterocycles. The van der Waals surface area contributed by atoms with E-state index in [1.165, 1.54) is 154 Å². The number of likely N-dealkylation sites (N-methyl/N-ethyl adjacent to an activating group) is 1. The van der Waals surface area contributed by atoms with Crippen LogP contribution >= 0.6 is 7.82 Å². The summed E-state index contributed by atoms with van der Waals surface area (Å²) in [5.74, 6) is -0.507. The molecule has 0 aromatic rings. The third kappa shape index (κ3) is 49.0. The van der Waals surface area contributed by atoms with Gasteiger partial charge in [-0.1, -0.05) is 225 Å². The number of rotatable bonds is 51. The van der Waals surface area contributed by atoms with Crippen molar-refractivity contribution in [3.8, 4) is 0 Å². The Hall–Kier alpha value is -1.77. The summed E-state index contributed by atoms with van der Waals surface area (Å²) < 4.78 is 30.6. The lowest BCUT2D eigenvalue weighted by Gasteiger charge is -2.27. The van der Waals surface area contributed by atoms with Crippen LogP contribution in [0.3, 0.4) is 0 Å². The molecule has 0 aromatic heterocycles. The zero-order valence-corrected chi connectivity index (χ0v) is 45.8. The van der Waals surface area contributed by atoms with Crippen LogP contribution in [0.15, 0.2) is 36.5 Å². The fourth-order valence-corrected chi connectivity index (χ4v) is 8.88. The van der Waals surface area contributed by atoms with Gasteiger partial charge in [0.15, 0.2) is 0 Å². The van der Waals surface area contributed by atoms with Crippen molar-refractivity contribution in [2.75, 3.05) is 40.9 Å². The molecule has 0 rings (SSSR count). The summed E-state index contributed by atoms with van der Waals surface area (Å²) in [5.41, 5.74) is 0. The van der Waals surface area contributed by atoms with E-state index in [4.69, 9.17) is 13.8 Å². The summed E-state index contributed by atoms with van der Waals surface area (Å²) in [4.78, 5) is 37.5. The molecule has 0 spiro atoms.